The summed E-state index contributed by atoms with van der Waals surface area (Å²) in [4.78, 5) is 9.18. The molecule has 0 aliphatic heterocycles. The Morgan fingerprint density at radius 3 is 2.32 bits per heavy atom. The second-order valence-electron chi connectivity index (χ2n) is 6.10. The van der Waals surface area contributed by atoms with Gasteiger partial charge in [-0.1, -0.05) is 50.8 Å². The van der Waals surface area contributed by atoms with Gasteiger partial charge >= 0.3 is 0 Å². The van der Waals surface area contributed by atoms with Crippen molar-refractivity contribution in [1.82, 2.24) is 30.4 Å². The van der Waals surface area contributed by atoms with Crippen molar-refractivity contribution in [2.24, 2.45) is 0 Å². The van der Waals surface area contributed by atoms with Crippen molar-refractivity contribution in [3.8, 4) is 0 Å². The molecule has 2 aromatic heterocycles. The summed E-state index contributed by atoms with van der Waals surface area (Å²) in [5.41, 5.74) is 2.36. The first-order chi connectivity index (χ1) is 12.2. The number of nitrogens with one attached hydrogen (secondary N) is 2. The van der Waals surface area contributed by atoms with Crippen LogP contribution in [0, 0.1) is 0 Å². The molecule has 0 amide bonds. The van der Waals surface area contributed by atoms with Crippen molar-refractivity contribution in [2.75, 3.05) is 0 Å². The Hall–Kier alpha value is -2.76. The van der Waals surface area contributed by atoms with Crippen LogP contribution < -0.4 is 0 Å². The molecule has 130 valence electrons. The van der Waals surface area contributed by atoms with Crippen LogP contribution in [0.5, 0.6) is 0 Å². The molecule has 3 aromatic rings. The van der Waals surface area contributed by atoms with Crippen LogP contribution in [0.2, 0.25) is 0 Å². The first kappa shape index (κ1) is 17.1. The Bertz CT molecular complexity index is 815. The lowest BCUT2D eigenvalue weighted by Crippen LogP contribution is -2.10. The summed E-state index contributed by atoms with van der Waals surface area (Å²) in [6.45, 7) is 7.92. The molecule has 1 unspecified atom stereocenters. The molecule has 2 N–H and O–H groups in total. The number of H-pyrrole nitrogens is 2. The standard InChI is InChI=1S/C19H24N6/c1-4-13-7-9-14(10-8-13)11-15(19-21-17(6-3)23-25-19)12-18-20-16(5-2)22-24-18/h4,7-10,15H,1,5-6,11-12H2,2-3H3,(H,20,22,24)(H,21,23,25). The molecular formula is C19H24N6. The summed E-state index contributed by atoms with van der Waals surface area (Å²) in [5.74, 6) is 3.61. The van der Waals surface area contributed by atoms with Crippen molar-refractivity contribution in [3.05, 3.63) is 65.3 Å². The molecule has 0 saturated carbocycles. The molecule has 6 nitrogen and oxygen atoms in total. The van der Waals surface area contributed by atoms with Crippen LogP contribution in [0.1, 0.15) is 54.2 Å². The Morgan fingerprint density at radius 1 is 0.960 bits per heavy atom. The third-order valence-corrected chi connectivity index (χ3v) is 4.28. The first-order valence-electron chi connectivity index (χ1n) is 8.74. The van der Waals surface area contributed by atoms with Crippen LogP contribution in [0.25, 0.3) is 6.08 Å². The minimum absolute atomic E-state index is 0.142. The van der Waals surface area contributed by atoms with E-state index in [0.29, 0.717) is 0 Å². The lowest BCUT2D eigenvalue weighted by atomic mass is 9.94. The van der Waals surface area contributed by atoms with Crippen LogP contribution in [0.15, 0.2) is 30.8 Å². The van der Waals surface area contributed by atoms with E-state index in [-0.39, 0.29) is 5.92 Å². The molecule has 0 radical (unpaired) electrons. The van der Waals surface area contributed by atoms with Crippen LogP contribution in [0.4, 0.5) is 0 Å². The maximum atomic E-state index is 4.64. The number of nitrogens with zero attached hydrogens (tertiary/aromatic N) is 4. The van der Waals surface area contributed by atoms with Crippen LogP contribution >= 0.6 is 0 Å². The molecule has 0 aliphatic rings. The van der Waals surface area contributed by atoms with Gasteiger partial charge in [-0.05, 0) is 17.5 Å². The van der Waals surface area contributed by atoms with Gasteiger partial charge < -0.3 is 0 Å². The lowest BCUT2D eigenvalue weighted by Gasteiger charge is -2.12. The zero-order valence-electron chi connectivity index (χ0n) is 14.8. The SMILES string of the molecule is C=Cc1ccc(CC(Cc2nc(CC)n[nH]2)c2n[nH]c(CC)n2)cc1. The summed E-state index contributed by atoms with van der Waals surface area (Å²) in [6.07, 6.45) is 5.10. The quantitative estimate of drug-likeness (QED) is 0.661. The van der Waals surface area contributed by atoms with E-state index in [1.165, 1.54) is 5.56 Å². The van der Waals surface area contributed by atoms with Crippen molar-refractivity contribution < 1.29 is 0 Å². The fourth-order valence-corrected chi connectivity index (χ4v) is 2.80. The first-order valence-corrected chi connectivity index (χ1v) is 8.74. The van der Waals surface area contributed by atoms with Gasteiger partial charge in [0.2, 0.25) is 0 Å². The van der Waals surface area contributed by atoms with Gasteiger partial charge in [0.25, 0.3) is 0 Å². The largest absolute Gasteiger partial charge is 0.263 e. The maximum Gasteiger partial charge on any atom is 0.154 e. The molecular weight excluding hydrogens is 312 g/mol. The monoisotopic (exact) mass is 336 g/mol. The highest BCUT2D eigenvalue weighted by atomic mass is 15.2. The van der Waals surface area contributed by atoms with Gasteiger partial charge in [0.1, 0.15) is 17.5 Å². The summed E-state index contributed by atoms with van der Waals surface area (Å²) >= 11 is 0. The zero-order chi connectivity index (χ0) is 17.6. The Balaban J connectivity index is 1.83. The summed E-state index contributed by atoms with van der Waals surface area (Å²) in [6, 6.07) is 8.43. The average molecular weight is 336 g/mol. The fourth-order valence-electron chi connectivity index (χ4n) is 2.80. The van der Waals surface area contributed by atoms with E-state index in [4.69, 9.17) is 0 Å². The number of benzene rings is 1. The molecule has 0 spiro atoms. The molecule has 6 heteroatoms. The minimum Gasteiger partial charge on any atom is -0.263 e. The number of aromatic nitrogens is 6. The van der Waals surface area contributed by atoms with Gasteiger partial charge in [-0.15, -0.1) is 0 Å². The van der Waals surface area contributed by atoms with E-state index in [9.17, 15) is 0 Å². The molecule has 1 atom stereocenters. The van der Waals surface area contributed by atoms with Gasteiger partial charge in [0.15, 0.2) is 5.82 Å². The van der Waals surface area contributed by atoms with E-state index >= 15 is 0 Å². The highest BCUT2D eigenvalue weighted by Gasteiger charge is 2.20. The molecule has 0 bridgehead atoms. The fraction of sp³-hybridized carbons (Fsp3) is 0.368. The second kappa shape index (κ2) is 7.88. The van der Waals surface area contributed by atoms with Gasteiger partial charge in [-0.25, -0.2) is 9.97 Å². The molecule has 0 saturated heterocycles. The number of rotatable bonds is 8. The summed E-state index contributed by atoms with van der Waals surface area (Å²) in [5, 5.41) is 14.7. The number of hydrogen-bond donors (Lipinski definition) is 2. The second-order valence-corrected chi connectivity index (χ2v) is 6.10. The minimum atomic E-state index is 0.142. The van der Waals surface area contributed by atoms with E-state index in [0.717, 1.165) is 54.5 Å². The number of aromatic amines is 2. The Morgan fingerprint density at radius 2 is 1.72 bits per heavy atom. The molecule has 0 aliphatic carbocycles. The van der Waals surface area contributed by atoms with E-state index in [1.54, 1.807) is 0 Å². The van der Waals surface area contributed by atoms with Crippen LogP contribution in [-0.4, -0.2) is 30.4 Å². The van der Waals surface area contributed by atoms with Crippen molar-refractivity contribution in [3.63, 3.8) is 0 Å². The van der Waals surface area contributed by atoms with Crippen molar-refractivity contribution >= 4 is 6.08 Å². The summed E-state index contributed by atoms with van der Waals surface area (Å²) in [7, 11) is 0. The maximum absolute atomic E-state index is 4.64. The topological polar surface area (TPSA) is 83.1 Å². The molecule has 1 aromatic carbocycles. The van der Waals surface area contributed by atoms with E-state index in [1.807, 2.05) is 13.0 Å². The van der Waals surface area contributed by atoms with Crippen LogP contribution in [-0.2, 0) is 25.7 Å². The van der Waals surface area contributed by atoms with Gasteiger partial charge in [0, 0.05) is 25.2 Å². The predicted octanol–water partition coefficient (Wildman–Crippen LogP) is 3.26. The molecule has 2 heterocycles. The van der Waals surface area contributed by atoms with Crippen molar-refractivity contribution in [2.45, 2.75) is 45.4 Å². The average Bonchev–Trinajstić information content (AvgIpc) is 3.31. The van der Waals surface area contributed by atoms with E-state index < -0.39 is 0 Å². The third kappa shape index (κ3) is 4.21. The molecule has 25 heavy (non-hydrogen) atoms. The molecule has 3 rings (SSSR count). The van der Waals surface area contributed by atoms with Gasteiger partial charge in [0.05, 0.1) is 0 Å². The highest BCUT2D eigenvalue weighted by Crippen LogP contribution is 2.22. The van der Waals surface area contributed by atoms with Gasteiger partial charge in [-0.2, -0.15) is 10.2 Å². The highest BCUT2D eigenvalue weighted by molar-refractivity contribution is 5.47. The predicted molar refractivity (Wildman–Crippen MR) is 98.2 cm³/mol. The Labute approximate surface area is 147 Å². The number of aryl methyl sites for hydroxylation is 2. The van der Waals surface area contributed by atoms with E-state index in [2.05, 4.69) is 68.1 Å². The Kier molecular flexibility index (Phi) is 5.38. The normalized spacial score (nSPS) is 12.2. The van der Waals surface area contributed by atoms with Gasteiger partial charge in [-0.3, -0.25) is 10.2 Å². The smallest absolute Gasteiger partial charge is 0.154 e. The zero-order valence-corrected chi connectivity index (χ0v) is 14.8. The summed E-state index contributed by atoms with van der Waals surface area (Å²) < 4.78 is 0. The molecule has 0 fully saturated rings. The van der Waals surface area contributed by atoms with Crippen molar-refractivity contribution in [1.29, 1.82) is 0 Å². The van der Waals surface area contributed by atoms with Crippen LogP contribution in [0.3, 0.4) is 0 Å². The third-order valence-electron chi connectivity index (χ3n) is 4.28. The lowest BCUT2D eigenvalue weighted by molar-refractivity contribution is 0.617. The number of hydrogen-bond acceptors (Lipinski definition) is 4.